The number of methoxy groups -OCH3 is 1. The summed E-state index contributed by atoms with van der Waals surface area (Å²) < 4.78 is 20.5. The van der Waals surface area contributed by atoms with Gasteiger partial charge in [0.15, 0.2) is 11.6 Å². The van der Waals surface area contributed by atoms with Crippen molar-refractivity contribution in [2.24, 2.45) is 0 Å². The van der Waals surface area contributed by atoms with Gasteiger partial charge < -0.3 is 10.1 Å². The van der Waals surface area contributed by atoms with Gasteiger partial charge in [-0.25, -0.2) is 4.39 Å². The molecular weight excluding hydrogens is 321 g/mol. The van der Waals surface area contributed by atoms with Crippen molar-refractivity contribution < 1.29 is 9.13 Å². The molecule has 4 heteroatoms. The summed E-state index contributed by atoms with van der Waals surface area (Å²) in [5, 5.41) is 3.18. The zero-order chi connectivity index (χ0) is 14.7. The lowest BCUT2D eigenvalue weighted by atomic mass is 9.94. The summed E-state index contributed by atoms with van der Waals surface area (Å²) in [5.41, 5.74) is 2.72. The highest BCUT2D eigenvalue weighted by Crippen LogP contribution is 2.31. The second kappa shape index (κ2) is 6.37. The van der Waals surface area contributed by atoms with Crippen molar-refractivity contribution in [3.63, 3.8) is 0 Å². The van der Waals surface area contributed by atoms with E-state index in [1.165, 1.54) is 7.11 Å². The highest BCUT2D eigenvalue weighted by Gasteiger charge is 2.20. The number of hydrogen-bond donors (Lipinski definition) is 1. The number of aryl methyl sites for hydroxylation is 1. The first-order valence-electron chi connectivity index (χ1n) is 6.34. The van der Waals surface area contributed by atoms with Crippen LogP contribution in [-0.4, -0.2) is 14.2 Å². The molecule has 2 aromatic carbocycles. The van der Waals surface area contributed by atoms with Crippen molar-refractivity contribution in [3.05, 3.63) is 63.4 Å². The van der Waals surface area contributed by atoms with Crippen LogP contribution in [0.2, 0.25) is 0 Å². The van der Waals surface area contributed by atoms with E-state index in [1.807, 2.05) is 32.2 Å². The third kappa shape index (κ3) is 2.86. The van der Waals surface area contributed by atoms with Crippen LogP contribution in [-0.2, 0) is 0 Å². The summed E-state index contributed by atoms with van der Waals surface area (Å²) in [6.07, 6.45) is 0. The predicted octanol–water partition coefficient (Wildman–Crippen LogP) is 4.21. The molecule has 1 atom stereocenters. The molecule has 0 radical (unpaired) electrons. The Kier molecular flexibility index (Phi) is 4.78. The molecule has 0 saturated heterocycles. The van der Waals surface area contributed by atoms with Crippen molar-refractivity contribution in [1.82, 2.24) is 5.32 Å². The Morgan fingerprint density at radius 1 is 1.20 bits per heavy atom. The fraction of sp³-hybridized carbons (Fsp3) is 0.250. The Balaban J connectivity index is 2.52. The highest BCUT2D eigenvalue weighted by molar-refractivity contribution is 9.10. The van der Waals surface area contributed by atoms with Gasteiger partial charge in [0.25, 0.3) is 0 Å². The van der Waals surface area contributed by atoms with E-state index >= 15 is 0 Å². The fourth-order valence-electron chi connectivity index (χ4n) is 2.35. The normalized spacial score (nSPS) is 12.2. The van der Waals surface area contributed by atoms with Gasteiger partial charge in [-0.2, -0.15) is 0 Å². The van der Waals surface area contributed by atoms with Gasteiger partial charge in [-0.3, -0.25) is 0 Å². The quantitative estimate of drug-likeness (QED) is 0.902. The Hall–Kier alpha value is -1.39. The Morgan fingerprint density at radius 2 is 1.95 bits per heavy atom. The average molecular weight is 338 g/mol. The Bertz CT molecular complexity index is 615. The van der Waals surface area contributed by atoms with E-state index in [4.69, 9.17) is 4.74 Å². The third-order valence-electron chi connectivity index (χ3n) is 3.36. The van der Waals surface area contributed by atoms with Crippen LogP contribution in [0, 0.1) is 12.7 Å². The molecule has 2 aromatic rings. The minimum absolute atomic E-state index is 0.210. The van der Waals surface area contributed by atoms with Crippen LogP contribution in [0.5, 0.6) is 5.75 Å². The maximum atomic E-state index is 14.4. The molecule has 0 aliphatic heterocycles. The van der Waals surface area contributed by atoms with Crippen LogP contribution in [0.4, 0.5) is 4.39 Å². The summed E-state index contributed by atoms with van der Waals surface area (Å²) in [5.74, 6) is -0.0609. The number of hydrogen-bond acceptors (Lipinski definition) is 2. The monoisotopic (exact) mass is 337 g/mol. The summed E-state index contributed by atoms with van der Waals surface area (Å²) in [4.78, 5) is 0. The SMILES string of the molecule is CNC(c1ccc(Br)cc1C)c1cccc(OC)c1F. The van der Waals surface area contributed by atoms with Gasteiger partial charge >= 0.3 is 0 Å². The first-order valence-corrected chi connectivity index (χ1v) is 7.13. The smallest absolute Gasteiger partial charge is 0.170 e. The molecule has 20 heavy (non-hydrogen) atoms. The molecule has 0 aliphatic rings. The molecule has 0 saturated carbocycles. The van der Waals surface area contributed by atoms with E-state index in [2.05, 4.69) is 21.2 Å². The molecule has 2 rings (SSSR count). The summed E-state index contributed by atoms with van der Waals surface area (Å²) >= 11 is 3.45. The van der Waals surface area contributed by atoms with Gasteiger partial charge in [0, 0.05) is 10.0 Å². The van der Waals surface area contributed by atoms with E-state index in [0.717, 1.165) is 15.6 Å². The Labute approximate surface area is 127 Å². The van der Waals surface area contributed by atoms with Crippen molar-refractivity contribution >= 4 is 15.9 Å². The molecule has 0 aromatic heterocycles. The first-order chi connectivity index (χ1) is 9.58. The first kappa shape index (κ1) is 15.0. The standard InChI is InChI=1S/C16H17BrFNO/c1-10-9-11(17)7-8-12(10)16(19-2)13-5-4-6-14(20-3)15(13)18/h4-9,16,19H,1-3H3. The van der Waals surface area contributed by atoms with Crippen LogP contribution < -0.4 is 10.1 Å². The van der Waals surface area contributed by atoms with Crippen LogP contribution in [0.3, 0.4) is 0 Å². The molecule has 2 nitrogen and oxygen atoms in total. The van der Waals surface area contributed by atoms with E-state index < -0.39 is 0 Å². The molecule has 0 amide bonds. The second-order valence-corrected chi connectivity index (χ2v) is 5.50. The van der Waals surface area contributed by atoms with Crippen LogP contribution in [0.1, 0.15) is 22.7 Å². The average Bonchev–Trinajstić information content (AvgIpc) is 2.43. The highest BCUT2D eigenvalue weighted by atomic mass is 79.9. The molecular formula is C16H17BrFNO. The van der Waals surface area contributed by atoms with E-state index in [0.29, 0.717) is 5.56 Å². The van der Waals surface area contributed by atoms with Crippen LogP contribution in [0.15, 0.2) is 40.9 Å². The summed E-state index contributed by atoms with van der Waals surface area (Å²) in [6, 6.07) is 11.0. The number of rotatable bonds is 4. The zero-order valence-electron chi connectivity index (χ0n) is 11.7. The molecule has 106 valence electrons. The number of halogens is 2. The molecule has 1 N–H and O–H groups in total. The third-order valence-corrected chi connectivity index (χ3v) is 3.85. The number of benzene rings is 2. The molecule has 0 fully saturated rings. The molecule has 1 unspecified atom stereocenters. The lowest BCUT2D eigenvalue weighted by molar-refractivity contribution is 0.382. The van der Waals surface area contributed by atoms with Crippen LogP contribution >= 0.6 is 15.9 Å². The van der Waals surface area contributed by atoms with Gasteiger partial charge in [-0.15, -0.1) is 0 Å². The van der Waals surface area contributed by atoms with Gasteiger partial charge in [0.2, 0.25) is 0 Å². The Morgan fingerprint density at radius 3 is 2.55 bits per heavy atom. The summed E-state index contributed by atoms with van der Waals surface area (Å²) in [7, 11) is 3.30. The fourth-order valence-corrected chi connectivity index (χ4v) is 2.83. The predicted molar refractivity (Wildman–Crippen MR) is 82.7 cm³/mol. The number of ether oxygens (including phenoxy) is 1. The maximum Gasteiger partial charge on any atom is 0.170 e. The van der Waals surface area contributed by atoms with Crippen molar-refractivity contribution in [3.8, 4) is 5.75 Å². The van der Waals surface area contributed by atoms with Gasteiger partial charge in [-0.1, -0.05) is 34.1 Å². The molecule has 0 aliphatic carbocycles. The molecule has 0 bridgehead atoms. The van der Waals surface area contributed by atoms with Crippen molar-refractivity contribution in [2.75, 3.05) is 14.2 Å². The lowest BCUT2D eigenvalue weighted by Crippen LogP contribution is -2.20. The van der Waals surface area contributed by atoms with Crippen LogP contribution in [0.25, 0.3) is 0 Å². The largest absolute Gasteiger partial charge is 0.494 e. The maximum absolute atomic E-state index is 14.4. The van der Waals surface area contributed by atoms with Gasteiger partial charge in [0.1, 0.15) is 0 Å². The number of nitrogens with one attached hydrogen (secondary N) is 1. The molecule has 0 heterocycles. The lowest BCUT2D eigenvalue weighted by Gasteiger charge is -2.21. The minimum atomic E-state index is -0.323. The molecule has 0 spiro atoms. The van der Waals surface area contributed by atoms with E-state index in [9.17, 15) is 4.39 Å². The van der Waals surface area contributed by atoms with E-state index in [-0.39, 0.29) is 17.6 Å². The van der Waals surface area contributed by atoms with Crippen molar-refractivity contribution in [2.45, 2.75) is 13.0 Å². The van der Waals surface area contributed by atoms with Gasteiger partial charge in [-0.05, 0) is 43.3 Å². The minimum Gasteiger partial charge on any atom is -0.494 e. The van der Waals surface area contributed by atoms with Crippen molar-refractivity contribution in [1.29, 1.82) is 0 Å². The second-order valence-electron chi connectivity index (χ2n) is 4.59. The van der Waals surface area contributed by atoms with Gasteiger partial charge in [0.05, 0.1) is 13.2 Å². The summed E-state index contributed by atoms with van der Waals surface area (Å²) in [6.45, 7) is 2.02. The zero-order valence-corrected chi connectivity index (χ0v) is 13.3. The van der Waals surface area contributed by atoms with E-state index in [1.54, 1.807) is 18.2 Å². The topological polar surface area (TPSA) is 21.3 Å².